The first-order chi connectivity index (χ1) is 13.0. The number of benzene rings is 1. The molecule has 5 nitrogen and oxygen atoms in total. The lowest BCUT2D eigenvalue weighted by atomic mass is 9.88. The highest BCUT2D eigenvalue weighted by Gasteiger charge is 2.25. The Morgan fingerprint density at radius 2 is 1.89 bits per heavy atom. The van der Waals surface area contributed by atoms with Gasteiger partial charge in [0.1, 0.15) is 5.69 Å². The number of fused-ring (bicyclic) bond motifs is 2. The Morgan fingerprint density at radius 3 is 2.59 bits per heavy atom. The van der Waals surface area contributed by atoms with E-state index in [1.54, 1.807) is 11.3 Å². The fourth-order valence-electron chi connectivity index (χ4n) is 3.59. The molecule has 3 aromatic heterocycles. The van der Waals surface area contributed by atoms with Crippen molar-refractivity contribution >= 4 is 32.5 Å². The highest BCUT2D eigenvalue weighted by atomic mass is 32.1. The number of aromatic amines is 2. The van der Waals surface area contributed by atoms with E-state index < -0.39 is 11.7 Å². The molecule has 4 rings (SSSR count). The van der Waals surface area contributed by atoms with Crippen molar-refractivity contribution in [3.63, 3.8) is 0 Å². The van der Waals surface area contributed by atoms with E-state index in [1.807, 2.05) is 45.0 Å². The third kappa shape index (κ3) is 2.98. The molecule has 0 aliphatic heterocycles. The summed E-state index contributed by atoms with van der Waals surface area (Å²) in [5.74, 6) is 0. The van der Waals surface area contributed by atoms with Crippen LogP contribution in [0.15, 0.2) is 30.3 Å². The highest BCUT2D eigenvalue weighted by molar-refractivity contribution is 7.19. The van der Waals surface area contributed by atoms with Crippen LogP contribution < -0.4 is 0 Å². The second kappa shape index (κ2) is 6.78. The average molecular weight is 384 g/mol. The summed E-state index contributed by atoms with van der Waals surface area (Å²) in [7, 11) is 0. The Balaban J connectivity index is 1.78. The van der Waals surface area contributed by atoms with Crippen LogP contribution in [0.4, 0.5) is 0 Å². The third-order valence-electron chi connectivity index (χ3n) is 5.55. The molecule has 1 unspecified atom stereocenters. The Morgan fingerprint density at radius 1 is 1.11 bits per heavy atom. The van der Waals surface area contributed by atoms with Gasteiger partial charge in [-0.05, 0) is 43.0 Å². The van der Waals surface area contributed by atoms with Crippen LogP contribution in [0.3, 0.4) is 0 Å². The average Bonchev–Trinajstić information content (AvgIpc) is 3.39. The minimum atomic E-state index is -0.794. The summed E-state index contributed by atoms with van der Waals surface area (Å²) in [6, 6.07) is 10.2. The Bertz CT molecular complexity index is 1090. The molecule has 4 N–H and O–H groups in total. The van der Waals surface area contributed by atoms with E-state index >= 15 is 0 Å². The number of rotatable bonds is 6. The maximum atomic E-state index is 10.8. The van der Waals surface area contributed by atoms with Gasteiger partial charge in [-0.15, -0.1) is 11.3 Å². The van der Waals surface area contributed by atoms with Crippen LogP contribution >= 0.6 is 11.3 Å². The lowest BCUT2D eigenvalue weighted by molar-refractivity contribution is 0.0285. The quantitative estimate of drug-likeness (QED) is 0.368. The number of thiophene rings is 1. The SMILES string of the molecule is CCC(O)c1cc2[nH]nc(-c3cc4ccc(C(O)(CC)CC)cc4[nH]3)c2s1. The normalized spacial score (nSPS) is 13.7. The monoisotopic (exact) mass is 383 g/mol. The fourth-order valence-corrected chi connectivity index (χ4v) is 4.77. The summed E-state index contributed by atoms with van der Waals surface area (Å²) in [6.45, 7) is 5.99. The molecule has 0 saturated heterocycles. The van der Waals surface area contributed by atoms with E-state index in [4.69, 9.17) is 0 Å². The maximum absolute atomic E-state index is 10.8. The number of H-pyrrole nitrogens is 2. The minimum absolute atomic E-state index is 0.435. The number of aliphatic hydroxyl groups is 2. The van der Waals surface area contributed by atoms with E-state index in [0.29, 0.717) is 19.3 Å². The van der Waals surface area contributed by atoms with Crippen molar-refractivity contribution in [1.29, 1.82) is 0 Å². The van der Waals surface area contributed by atoms with Crippen molar-refractivity contribution in [1.82, 2.24) is 15.2 Å². The lowest BCUT2D eigenvalue weighted by Gasteiger charge is -2.25. The van der Waals surface area contributed by atoms with Crippen LogP contribution in [0.2, 0.25) is 0 Å². The summed E-state index contributed by atoms with van der Waals surface area (Å²) in [4.78, 5) is 4.41. The van der Waals surface area contributed by atoms with E-state index in [9.17, 15) is 10.2 Å². The van der Waals surface area contributed by atoms with E-state index in [2.05, 4.69) is 21.2 Å². The summed E-state index contributed by atoms with van der Waals surface area (Å²) in [5, 5.41) is 29.6. The summed E-state index contributed by atoms with van der Waals surface area (Å²) >= 11 is 1.58. The molecule has 1 aromatic carbocycles. The Hall–Kier alpha value is -2.15. The van der Waals surface area contributed by atoms with Gasteiger partial charge in [-0.3, -0.25) is 5.10 Å². The van der Waals surface area contributed by atoms with Crippen LogP contribution in [-0.2, 0) is 5.60 Å². The molecule has 1 atom stereocenters. The van der Waals surface area contributed by atoms with Gasteiger partial charge >= 0.3 is 0 Å². The molecule has 0 aliphatic carbocycles. The number of nitrogens with zero attached hydrogens (tertiary/aromatic N) is 1. The second-order valence-electron chi connectivity index (χ2n) is 7.11. The first kappa shape index (κ1) is 18.2. The van der Waals surface area contributed by atoms with Gasteiger partial charge < -0.3 is 15.2 Å². The second-order valence-corrected chi connectivity index (χ2v) is 8.20. The predicted octanol–water partition coefficient (Wildman–Crippen LogP) is 5.22. The first-order valence-corrected chi connectivity index (χ1v) is 10.3. The number of nitrogens with one attached hydrogen (secondary N) is 2. The Labute approximate surface area is 162 Å². The number of hydrogen-bond acceptors (Lipinski definition) is 4. The Kier molecular flexibility index (Phi) is 4.58. The molecular weight excluding hydrogens is 358 g/mol. The molecule has 0 amide bonds. The van der Waals surface area contributed by atoms with Crippen LogP contribution in [0.1, 0.15) is 56.6 Å². The van der Waals surface area contributed by atoms with Crippen LogP contribution in [0, 0.1) is 0 Å². The molecule has 0 fully saturated rings. The summed E-state index contributed by atoms with van der Waals surface area (Å²) in [6.07, 6.45) is 1.62. The topological polar surface area (TPSA) is 84.9 Å². The number of aliphatic hydroxyl groups excluding tert-OH is 1. The van der Waals surface area contributed by atoms with E-state index in [1.165, 1.54) is 0 Å². The van der Waals surface area contributed by atoms with E-state index in [-0.39, 0.29) is 0 Å². The summed E-state index contributed by atoms with van der Waals surface area (Å²) in [5.41, 5.74) is 3.88. The van der Waals surface area contributed by atoms with Gasteiger partial charge in [0, 0.05) is 15.8 Å². The molecular formula is C21H25N3O2S. The fraction of sp³-hybridized carbons (Fsp3) is 0.381. The van der Waals surface area contributed by atoms with Crippen LogP contribution in [0.25, 0.3) is 32.5 Å². The zero-order chi connectivity index (χ0) is 19.2. The largest absolute Gasteiger partial charge is 0.388 e. The van der Waals surface area contributed by atoms with Crippen molar-refractivity contribution in [3.8, 4) is 11.4 Å². The molecule has 0 radical (unpaired) electrons. The van der Waals surface area contributed by atoms with Gasteiger partial charge in [-0.25, -0.2) is 0 Å². The number of hydrogen-bond donors (Lipinski definition) is 4. The highest BCUT2D eigenvalue weighted by Crippen LogP contribution is 2.37. The van der Waals surface area contributed by atoms with Crippen molar-refractivity contribution in [2.45, 2.75) is 51.7 Å². The van der Waals surface area contributed by atoms with Crippen LogP contribution in [0.5, 0.6) is 0 Å². The van der Waals surface area contributed by atoms with Crippen molar-refractivity contribution in [2.75, 3.05) is 0 Å². The van der Waals surface area contributed by atoms with Gasteiger partial charge in [0.15, 0.2) is 0 Å². The van der Waals surface area contributed by atoms with Gasteiger partial charge in [0.2, 0.25) is 0 Å². The van der Waals surface area contributed by atoms with Crippen LogP contribution in [-0.4, -0.2) is 25.4 Å². The van der Waals surface area contributed by atoms with Gasteiger partial charge in [0.25, 0.3) is 0 Å². The molecule has 0 aliphatic rings. The molecule has 0 bridgehead atoms. The minimum Gasteiger partial charge on any atom is -0.388 e. The van der Waals surface area contributed by atoms with Gasteiger partial charge in [-0.1, -0.05) is 32.9 Å². The maximum Gasteiger partial charge on any atom is 0.126 e. The third-order valence-corrected chi connectivity index (χ3v) is 6.80. The van der Waals surface area contributed by atoms with E-state index in [0.717, 1.165) is 42.9 Å². The molecule has 6 heteroatoms. The smallest absolute Gasteiger partial charge is 0.126 e. The zero-order valence-corrected chi connectivity index (χ0v) is 16.7. The van der Waals surface area contributed by atoms with Crippen molar-refractivity contribution in [2.24, 2.45) is 0 Å². The standard InChI is InChI=1S/C21H25N3O2S/c1-4-17(25)18-11-16-20(27-18)19(24-23-16)15-9-12-7-8-13(10-14(12)22-15)21(26,5-2)6-3/h7-11,17,22,25-26H,4-6H2,1-3H3,(H,23,24). The summed E-state index contributed by atoms with van der Waals surface area (Å²) < 4.78 is 1.04. The molecule has 142 valence electrons. The predicted molar refractivity (Wildman–Crippen MR) is 111 cm³/mol. The first-order valence-electron chi connectivity index (χ1n) is 9.51. The molecule has 27 heavy (non-hydrogen) atoms. The number of aromatic nitrogens is 3. The van der Waals surface area contributed by atoms with Gasteiger partial charge in [0.05, 0.1) is 27.6 Å². The van der Waals surface area contributed by atoms with Crippen molar-refractivity contribution < 1.29 is 10.2 Å². The van der Waals surface area contributed by atoms with Gasteiger partial charge in [-0.2, -0.15) is 5.10 Å². The molecule has 3 heterocycles. The zero-order valence-electron chi connectivity index (χ0n) is 15.8. The lowest BCUT2D eigenvalue weighted by Crippen LogP contribution is -2.23. The molecule has 4 aromatic rings. The molecule has 0 spiro atoms. The molecule has 0 saturated carbocycles. The van der Waals surface area contributed by atoms with Crippen molar-refractivity contribution in [3.05, 3.63) is 40.8 Å².